The first-order valence-electron chi connectivity index (χ1n) is 6.95. The van der Waals surface area contributed by atoms with Crippen LogP contribution in [0.4, 0.5) is 4.79 Å². The molecule has 1 aliphatic rings. The van der Waals surface area contributed by atoms with Crippen LogP contribution in [0.25, 0.3) is 0 Å². The fraction of sp³-hybridized carbons (Fsp3) is 0.750. The summed E-state index contributed by atoms with van der Waals surface area (Å²) in [6, 6.07) is -0.928. The molecular weight excluding hydrogens is 298 g/mol. The third-order valence-corrected chi connectivity index (χ3v) is 3.32. The van der Waals surface area contributed by atoms with E-state index in [1.807, 2.05) is 0 Å². The predicted molar refractivity (Wildman–Crippen MR) is 73.4 cm³/mol. The smallest absolute Gasteiger partial charge is 0.481 e. The van der Waals surface area contributed by atoms with Gasteiger partial charge in [0.2, 0.25) is 0 Å². The highest BCUT2D eigenvalue weighted by Crippen LogP contribution is 2.09. The number of carboxylic acid groups (broad SMARTS) is 3. The van der Waals surface area contributed by atoms with Crippen molar-refractivity contribution in [2.75, 3.05) is 39.3 Å². The van der Waals surface area contributed by atoms with Crippen LogP contribution >= 0.6 is 0 Å². The van der Waals surface area contributed by atoms with Gasteiger partial charge in [-0.15, -0.1) is 5.06 Å². The minimum atomic E-state index is -1.42. The van der Waals surface area contributed by atoms with Gasteiger partial charge in [-0.2, -0.15) is 0 Å². The molecule has 22 heavy (non-hydrogen) atoms. The van der Waals surface area contributed by atoms with Gasteiger partial charge in [-0.05, 0) is 6.42 Å². The summed E-state index contributed by atoms with van der Waals surface area (Å²) in [7, 11) is 0. The van der Waals surface area contributed by atoms with Crippen molar-refractivity contribution in [3.05, 3.63) is 0 Å². The largest absolute Gasteiger partial charge is 0.525 e. The number of carbonyl (C=O) groups is 3. The van der Waals surface area contributed by atoms with Crippen LogP contribution in [-0.2, 0) is 14.4 Å². The minimum absolute atomic E-state index is 0.00947. The van der Waals surface area contributed by atoms with Gasteiger partial charge in [0.1, 0.15) is 6.04 Å². The van der Waals surface area contributed by atoms with Gasteiger partial charge in [-0.25, -0.2) is 4.79 Å². The van der Waals surface area contributed by atoms with Crippen LogP contribution < -0.4 is 5.32 Å². The Morgan fingerprint density at radius 3 is 2.32 bits per heavy atom. The lowest BCUT2D eigenvalue weighted by atomic mass is 10.1. The standard InChI is InChI=1S/C12H21N3O7/c16-10(17)2-1-9(11(18)19)14-5-3-13-4-6-15(8-7-14)22-12(20)21/h9,13H,1-8H2,(H,16,17)(H,18,19)(H,20,21). The first kappa shape index (κ1) is 18.1. The van der Waals surface area contributed by atoms with Crippen LogP contribution in [-0.4, -0.2) is 88.7 Å². The maximum absolute atomic E-state index is 11.4. The lowest BCUT2D eigenvalue weighted by Gasteiger charge is -2.29. The predicted octanol–water partition coefficient (Wildman–Crippen LogP) is -0.879. The highest BCUT2D eigenvalue weighted by atomic mass is 16.8. The molecule has 0 aliphatic carbocycles. The van der Waals surface area contributed by atoms with Crippen molar-refractivity contribution >= 4 is 18.1 Å². The quantitative estimate of drug-likeness (QED) is 0.488. The van der Waals surface area contributed by atoms with Gasteiger partial charge < -0.3 is 25.5 Å². The summed E-state index contributed by atoms with van der Waals surface area (Å²) in [5.74, 6) is -2.14. The molecule has 1 unspecified atom stereocenters. The summed E-state index contributed by atoms with van der Waals surface area (Å²) >= 11 is 0. The highest BCUT2D eigenvalue weighted by Gasteiger charge is 2.27. The molecule has 4 N–H and O–H groups in total. The minimum Gasteiger partial charge on any atom is -0.481 e. The average molecular weight is 319 g/mol. The van der Waals surface area contributed by atoms with Crippen LogP contribution in [0.2, 0.25) is 0 Å². The van der Waals surface area contributed by atoms with Crippen molar-refractivity contribution in [1.29, 1.82) is 0 Å². The Bertz CT molecular complexity index is 404. The molecule has 0 amide bonds. The summed E-state index contributed by atoms with van der Waals surface area (Å²) < 4.78 is 0. The Balaban J connectivity index is 2.68. The molecule has 1 heterocycles. The lowest BCUT2D eigenvalue weighted by molar-refractivity contribution is -0.146. The second-order valence-corrected chi connectivity index (χ2v) is 4.86. The molecule has 0 bridgehead atoms. The first-order valence-corrected chi connectivity index (χ1v) is 6.95. The zero-order valence-electron chi connectivity index (χ0n) is 12.1. The molecule has 1 saturated heterocycles. The van der Waals surface area contributed by atoms with Crippen LogP contribution in [0, 0.1) is 0 Å². The summed E-state index contributed by atoms with van der Waals surface area (Å²) in [5.41, 5.74) is 0. The number of hydrogen-bond acceptors (Lipinski definition) is 7. The zero-order valence-corrected chi connectivity index (χ0v) is 12.1. The number of aliphatic carboxylic acids is 2. The van der Waals surface area contributed by atoms with E-state index in [2.05, 4.69) is 10.2 Å². The normalized spacial score (nSPS) is 19.5. The molecule has 0 radical (unpaired) electrons. The van der Waals surface area contributed by atoms with Crippen molar-refractivity contribution in [3.8, 4) is 0 Å². The van der Waals surface area contributed by atoms with E-state index >= 15 is 0 Å². The fourth-order valence-corrected chi connectivity index (χ4v) is 2.25. The first-order chi connectivity index (χ1) is 10.4. The number of carboxylic acids is 2. The number of nitrogens with one attached hydrogen (secondary N) is 1. The molecule has 0 aromatic rings. The molecule has 126 valence electrons. The average Bonchev–Trinajstić information content (AvgIpc) is 2.51. The molecule has 0 saturated carbocycles. The Kier molecular flexibility index (Phi) is 7.57. The van der Waals surface area contributed by atoms with Crippen LogP contribution in [0.3, 0.4) is 0 Å². The molecule has 10 heteroatoms. The van der Waals surface area contributed by atoms with Gasteiger partial charge in [-0.1, -0.05) is 0 Å². The van der Waals surface area contributed by atoms with Crippen molar-refractivity contribution in [2.24, 2.45) is 0 Å². The van der Waals surface area contributed by atoms with Crippen LogP contribution in [0.5, 0.6) is 0 Å². The summed E-state index contributed by atoms with van der Waals surface area (Å²) in [4.78, 5) is 38.8. The second kappa shape index (κ2) is 9.18. The zero-order chi connectivity index (χ0) is 16.5. The van der Waals surface area contributed by atoms with E-state index in [1.54, 1.807) is 4.90 Å². The molecule has 0 aromatic heterocycles. The number of hydrogen-bond donors (Lipinski definition) is 4. The van der Waals surface area contributed by atoms with E-state index in [0.717, 1.165) is 0 Å². The van der Waals surface area contributed by atoms with E-state index < -0.39 is 24.1 Å². The molecule has 1 fully saturated rings. The molecule has 10 nitrogen and oxygen atoms in total. The molecule has 1 aliphatic heterocycles. The third-order valence-electron chi connectivity index (χ3n) is 3.32. The van der Waals surface area contributed by atoms with E-state index in [0.29, 0.717) is 26.2 Å². The van der Waals surface area contributed by atoms with E-state index in [4.69, 9.17) is 10.2 Å². The number of nitrogens with zero attached hydrogens (tertiary/aromatic N) is 2. The second-order valence-electron chi connectivity index (χ2n) is 4.86. The summed E-state index contributed by atoms with van der Waals surface area (Å²) in [5, 5.41) is 30.9. The van der Waals surface area contributed by atoms with Gasteiger partial charge >= 0.3 is 18.1 Å². The highest BCUT2D eigenvalue weighted by molar-refractivity contribution is 5.75. The summed E-state index contributed by atoms with van der Waals surface area (Å²) in [6.45, 7) is 2.30. The SMILES string of the molecule is O=C(O)CCC(C(=O)O)N1CCNCCN(OC(=O)O)CC1. The van der Waals surface area contributed by atoms with Crippen LogP contribution in [0.15, 0.2) is 0 Å². The van der Waals surface area contributed by atoms with E-state index in [9.17, 15) is 19.5 Å². The molecular formula is C12H21N3O7. The van der Waals surface area contributed by atoms with Crippen molar-refractivity contribution in [1.82, 2.24) is 15.3 Å². The van der Waals surface area contributed by atoms with Crippen molar-refractivity contribution in [2.45, 2.75) is 18.9 Å². The fourth-order valence-electron chi connectivity index (χ4n) is 2.25. The molecule has 1 rings (SSSR count). The van der Waals surface area contributed by atoms with Crippen molar-refractivity contribution < 1.29 is 34.5 Å². The number of hydroxylamine groups is 2. The van der Waals surface area contributed by atoms with Gasteiger partial charge in [0.15, 0.2) is 0 Å². The Hall–Kier alpha value is -1.91. The van der Waals surface area contributed by atoms with E-state index in [-0.39, 0.29) is 25.9 Å². The lowest BCUT2D eigenvalue weighted by Crippen LogP contribution is -2.46. The Labute approximate surface area is 127 Å². The van der Waals surface area contributed by atoms with Crippen molar-refractivity contribution in [3.63, 3.8) is 0 Å². The molecule has 0 spiro atoms. The van der Waals surface area contributed by atoms with Gasteiger partial charge in [0.05, 0.1) is 0 Å². The maximum atomic E-state index is 11.4. The van der Waals surface area contributed by atoms with E-state index in [1.165, 1.54) is 5.06 Å². The Morgan fingerprint density at radius 2 is 1.73 bits per heavy atom. The third kappa shape index (κ3) is 6.70. The van der Waals surface area contributed by atoms with Crippen LogP contribution in [0.1, 0.15) is 12.8 Å². The molecule has 0 aromatic carbocycles. The maximum Gasteiger partial charge on any atom is 0.525 e. The molecule has 1 atom stereocenters. The van der Waals surface area contributed by atoms with Gasteiger partial charge in [0, 0.05) is 45.7 Å². The monoisotopic (exact) mass is 319 g/mol. The Morgan fingerprint density at radius 1 is 1.05 bits per heavy atom. The number of rotatable bonds is 6. The van der Waals surface area contributed by atoms with Gasteiger partial charge in [-0.3, -0.25) is 14.5 Å². The van der Waals surface area contributed by atoms with Gasteiger partial charge in [0.25, 0.3) is 0 Å². The topological polar surface area (TPSA) is 140 Å². The summed E-state index contributed by atoms with van der Waals surface area (Å²) in [6.07, 6.45) is -1.67.